The number of nitrogens with zero attached hydrogens (tertiary/aromatic N) is 5. The minimum Gasteiger partial charge on any atom is -0.320 e. The van der Waals surface area contributed by atoms with Gasteiger partial charge in [0.1, 0.15) is 0 Å². The van der Waals surface area contributed by atoms with Crippen LogP contribution in [0.3, 0.4) is 0 Å². The Morgan fingerprint density at radius 1 is 1.07 bits per heavy atom. The van der Waals surface area contributed by atoms with Gasteiger partial charge in [0.05, 0.1) is 23.6 Å². The molecule has 0 bridgehead atoms. The van der Waals surface area contributed by atoms with Gasteiger partial charge in [0.25, 0.3) is 5.56 Å². The van der Waals surface area contributed by atoms with Gasteiger partial charge in [0, 0.05) is 13.1 Å². The van der Waals surface area contributed by atoms with Crippen molar-refractivity contribution in [2.75, 3.05) is 0 Å². The minimum atomic E-state index is -0.359. The van der Waals surface area contributed by atoms with Crippen LogP contribution in [0.25, 0.3) is 16.9 Å². The Morgan fingerprint density at radius 2 is 1.87 bits per heavy atom. The van der Waals surface area contributed by atoms with Gasteiger partial charge in [-0.1, -0.05) is 30.3 Å². The van der Waals surface area contributed by atoms with Crippen LogP contribution in [-0.4, -0.2) is 18.7 Å². The summed E-state index contributed by atoms with van der Waals surface area (Å²) in [5.74, 6) is 0.376. The summed E-state index contributed by atoms with van der Waals surface area (Å²) in [5, 5.41) is 9.16. The van der Waals surface area contributed by atoms with Gasteiger partial charge in [-0.25, -0.2) is 14.3 Å². The molecule has 148 valence electrons. The Labute approximate surface area is 172 Å². The number of para-hydroxylation sites is 1. The van der Waals surface area contributed by atoms with Crippen molar-refractivity contribution in [3.63, 3.8) is 0 Å². The molecule has 5 rings (SSSR count). The van der Waals surface area contributed by atoms with Crippen LogP contribution in [-0.2, 0) is 13.1 Å². The van der Waals surface area contributed by atoms with Gasteiger partial charge in [0.2, 0.25) is 0 Å². The maximum absolute atomic E-state index is 13.3. The lowest BCUT2D eigenvalue weighted by Gasteiger charge is -2.12. The Balaban J connectivity index is 1.73. The Kier molecular flexibility index (Phi) is 4.32. The number of benzene rings is 2. The van der Waals surface area contributed by atoms with Crippen molar-refractivity contribution in [2.24, 2.45) is 5.92 Å². The Hall–Kier alpha value is -3.92. The molecule has 0 unspecified atom stereocenters. The topological polar surface area (TPSA) is 85.6 Å². The van der Waals surface area contributed by atoms with Gasteiger partial charge in [-0.2, -0.15) is 5.26 Å². The van der Waals surface area contributed by atoms with E-state index in [9.17, 15) is 9.59 Å². The third-order valence-corrected chi connectivity index (χ3v) is 5.46. The predicted octanol–water partition coefficient (Wildman–Crippen LogP) is 2.68. The second-order valence-corrected chi connectivity index (χ2v) is 7.67. The zero-order valence-corrected chi connectivity index (χ0v) is 16.2. The van der Waals surface area contributed by atoms with Gasteiger partial charge >= 0.3 is 5.69 Å². The fourth-order valence-electron chi connectivity index (χ4n) is 3.77. The number of hydrogen-bond donors (Lipinski definition) is 0. The average Bonchev–Trinajstić information content (AvgIpc) is 3.51. The first-order valence-corrected chi connectivity index (χ1v) is 9.91. The summed E-state index contributed by atoms with van der Waals surface area (Å²) in [5.41, 5.74) is 2.18. The maximum Gasteiger partial charge on any atom is 0.337 e. The molecule has 7 nitrogen and oxygen atoms in total. The summed E-state index contributed by atoms with van der Waals surface area (Å²) in [6, 6.07) is 18.7. The lowest BCUT2D eigenvalue weighted by atomic mass is 10.1. The molecule has 0 radical (unpaired) electrons. The van der Waals surface area contributed by atoms with E-state index in [0.717, 1.165) is 18.4 Å². The molecule has 2 aromatic carbocycles. The molecule has 2 heterocycles. The van der Waals surface area contributed by atoms with Gasteiger partial charge in [-0.05, 0) is 48.6 Å². The van der Waals surface area contributed by atoms with Crippen molar-refractivity contribution in [1.82, 2.24) is 18.7 Å². The fourth-order valence-corrected chi connectivity index (χ4v) is 3.77. The molecule has 0 atom stereocenters. The third-order valence-electron chi connectivity index (χ3n) is 5.46. The van der Waals surface area contributed by atoms with Crippen molar-refractivity contribution < 1.29 is 0 Å². The van der Waals surface area contributed by atoms with Gasteiger partial charge in [-0.3, -0.25) is 9.36 Å². The largest absolute Gasteiger partial charge is 0.337 e. The van der Waals surface area contributed by atoms with E-state index in [2.05, 4.69) is 11.1 Å². The van der Waals surface area contributed by atoms with E-state index in [4.69, 9.17) is 5.26 Å². The van der Waals surface area contributed by atoms with Crippen LogP contribution in [0.1, 0.15) is 24.0 Å². The number of nitriles is 1. The molecule has 2 aromatic heterocycles. The van der Waals surface area contributed by atoms with Crippen LogP contribution >= 0.6 is 0 Å². The SMILES string of the molecule is N#Cc1cccc(Cn2cnc3c2c(=O)n(CC2CC2)c(=O)n3-c2ccccc2)c1. The summed E-state index contributed by atoms with van der Waals surface area (Å²) in [7, 11) is 0. The highest BCUT2D eigenvalue weighted by atomic mass is 16.2. The number of hydrogen-bond acceptors (Lipinski definition) is 4. The Bertz CT molecular complexity index is 1400. The molecule has 0 N–H and O–H groups in total. The molecule has 0 spiro atoms. The summed E-state index contributed by atoms with van der Waals surface area (Å²) in [4.78, 5) is 31.0. The zero-order chi connectivity index (χ0) is 20.7. The molecule has 1 aliphatic rings. The van der Waals surface area contributed by atoms with Crippen LogP contribution in [0.5, 0.6) is 0 Å². The molecule has 1 aliphatic carbocycles. The summed E-state index contributed by atoms with van der Waals surface area (Å²) in [6.07, 6.45) is 3.66. The first-order valence-electron chi connectivity index (χ1n) is 9.91. The highest BCUT2D eigenvalue weighted by Crippen LogP contribution is 2.30. The molecule has 0 amide bonds. The van der Waals surface area contributed by atoms with Crippen molar-refractivity contribution in [3.8, 4) is 11.8 Å². The van der Waals surface area contributed by atoms with E-state index >= 15 is 0 Å². The van der Waals surface area contributed by atoms with Crippen LogP contribution in [0.15, 0.2) is 70.5 Å². The van der Waals surface area contributed by atoms with Crippen molar-refractivity contribution in [2.45, 2.75) is 25.9 Å². The average molecular weight is 397 g/mol. The third kappa shape index (κ3) is 3.12. The van der Waals surface area contributed by atoms with Crippen molar-refractivity contribution >= 4 is 11.2 Å². The maximum atomic E-state index is 13.3. The van der Waals surface area contributed by atoms with Gasteiger partial charge in [-0.15, -0.1) is 0 Å². The fraction of sp³-hybridized carbons (Fsp3) is 0.217. The first kappa shape index (κ1) is 18.1. The van der Waals surface area contributed by atoms with Crippen LogP contribution in [0, 0.1) is 17.2 Å². The minimum absolute atomic E-state index is 0.317. The normalized spacial score (nSPS) is 13.4. The molecule has 1 fully saturated rings. The van der Waals surface area contributed by atoms with E-state index in [1.54, 1.807) is 23.0 Å². The van der Waals surface area contributed by atoms with Crippen LogP contribution in [0.4, 0.5) is 0 Å². The van der Waals surface area contributed by atoms with Crippen molar-refractivity contribution in [1.29, 1.82) is 5.26 Å². The number of imidazole rings is 1. The second-order valence-electron chi connectivity index (χ2n) is 7.67. The first-order chi connectivity index (χ1) is 14.7. The van der Waals surface area contributed by atoms with Crippen LogP contribution < -0.4 is 11.2 Å². The molecule has 4 aromatic rings. The number of fused-ring (bicyclic) bond motifs is 1. The number of aromatic nitrogens is 4. The molecular formula is C23H19N5O2. The van der Waals surface area contributed by atoms with E-state index in [-0.39, 0.29) is 11.2 Å². The molecule has 0 saturated heterocycles. The highest BCUT2D eigenvalue weighted by Gasteiger charge is 2.26. The van der Waals surface area contributed by atoms with E-state index in [1.165, 1.54) is 9.13 Å². The van der Waals surface area contributed by atoms with Crippen LogP contribution in [0.2, 0.25) is 0 Å². The quantitative estimate of drug-likeness (QED) is 0.518. The lowest BCUT2D eigenvalue weighted by Crippen LogP contribution is -2.40. The molecular weight excluding hydrogens is 378 g/mol. The monoisotopic (exact) mass is 397 g/mol. The summed E-state index contributed by atoms with van der Waals surface area (Å²) in [6.45, 7) is 0.813. The highest BCUT2D eigenvalue weighted by molar-refractivity contribution is 5.72. The van der Waals surface area contributed by atoms with E-state index < -0.39 is 0 Å². The van der Waals surface area contributed by atoms with E-state index in [0.29, 0.717) is 41.4 Å². The molecule has 1 saturated carbocycles. The molecule has 0 aliphatic heterocycles. The van der Waals surface area contributed by atoms with Gasteiger partial charge in [0.15, 0.2) is 11.2 Å². The van der Waals surface area contributed by atoms with E-state index in [1.807, 2.05) is 42.5 Å². The zero-order valence-electron chi connectivity index (χ0n) is 16.2. The second kappa shape index (κ2) is 7.16. The Morgan fingerprint density at radius 3 is 2.60 bits per heavy atom. The molecule has 30 heavy (non-hydrogen) atoms. The molecule has 7 heteroatoms. The van der Waals surface area contributed by atoms with Gasteiger partial charge < -0.3 is 4.57 Å². The lowest BCUT2D eigenvalue weighted by molar-refractivity contribution is 0.567. The standard InChI is InChI=1S/C23H19N5O2/c24-12-17-5-4-6-18(11-17)13-26-15-25-21-20(26)22(29)27(14-16-9-10-16)23(30)28(21)19-7-2-1-3-8-19/h1-8,11,15-16H,9-10,13-14H2. The summed E-state index contributed by atoms with van der Waals surface area (Å²) >= 11 is 0. The summed E-state index contributed by atoms with van der Waals surface area (Å²) < 4.78 is 4.62. The predicted molar refractivity (Wildman–Crippen MR) is 113 cm³/mol. The van der Waals surface area contributed by atoms with Crippen molar-refractivity contribution in [3.05, 3.63) is 92.9 Å². The smallest absolute Gasteiger partial charge is 0.320 e. The number of rotatable bonds is 5.